The van der Waals surface area contributed by atoms with Crippen LogP contribution in [-0.4, -0.2) is 21.2 Å². The predicted molar refractivity (Wildman–Crippen MR) is 35.7 cm³/mol. The maximum Gasteiger partial charge on any atom is 0.193 e. The Morgan fingerprint density at radius 2 is 2.45 bits per heavy atom. The lowest BCUT2D eigenvalue weighted by Gasteiger charge is -1.86. The molecule has 0 bridgehead atoms. The average Bonchev–Trinajstić information content (AvgIpc) is 2.50. The van der Waals surface area contributed by atoms with Gasteiger partial charge in [0.2, 0.25) is 0 Å². The topological polar surface area (TPSA) is 82.4 Å². The summed E-state index contributed by atoms with van der Waals surface area (Å²) >= 11 is 0. The zero-order valence-electron chi connectivity index (χ0n) is 5.96. The minimum Gasteiger partial charge on any atom is -0.292 e. The molecule has 0 fully saturated rings. The molecule has 0 aliphatic carbocycles. The van der Waals surface area contributed by atoms with Gasteiger partial charge in [-0.2, -0.15) is 15.6 Å². The van der Waals surface area contributed by atoms with Crippen molar-refractivity contribution in [2.75, 3.05) is 0 Å². The summed E-state index contributed by atoms with van der Waals surface area (Å²) in [6, 6.07) is 1.77. The molecule has 0 saturated heterocycles. The summed E-state index contributed by atoms with van der Waals surface area (Å²) in [5, 5.41) is 17.7. The van der Waals surface area contributed by atoms with Crippen LogP contribution in [0.2, 0.25) is 0 Å². The number of carbonyl (C=O) groups is 1. The number of aromatic nitrogens is 3. The van der Waals surface area contributed by atoms with E-state index >= 15 is 0 Å². The molecule has 0 aliphatic heterocycles. The lowest BCUT2D eigenvalue weighted by molar-refractivity contribution is 0.0983. The van der Waals surface area contributed by atoms with Crippen LogP contribution in [0.25, 0.3) is 0 Å². The van der Waals surface area contributed by atoms with Crippen molar-refractivity contribution in [2.24, 2.45) is 0 Å². The van der Waals surface area contributed by atoms with E-state index in [1.54, 1.807) is 13.0 Å². The molecule has 0 amide bonds. The molecule has 0 unspecified atom stereocenters. The van der Waals surface area contributed by atoms with Gasteiger partial charge in [0, 0.05) is 6.42 Å². The Kier molecular flexibility index (Phi) is 1.97. The Morgan fingerprint density at radius 1 is 1.73 bits per heavy atom. The standard InChI is InChI=1S/C6H6N4O/c1-2-5(11)6-4(3-7)8-10-9-6/h2H2,1H3,(H,8,9,10). The van der Waals surface area contributed by atoms with Gasteiger partial charge < -0.3 is 0 Å². The third-order valence-corrected chi connectivity index (χ3v) is 1.24. The van der Waals surface area contributed by atoms with Crippen molar-refractivity contribution in [1.29, 1.82) is 5.26 Å². The van der Waals surface area contributed by atoms with Gasteiger partial charge in [0.15, 0.2) is 17.2 Å². The number of carbonyl (C=O) groups excluding carboxylic acids is 1. The van der Waals surface area contributed by atoms with Gasteiger partial charge in [-0.05, 0) is 0 Å². The second-order valence-electron chi connectivity index (χ2n) is 1.91. The summed E-state index contributed by atoms with van der Waals surface area (Å²) in [7, 11) is 0. The number of hydrogen-bond acceptors (Lipinski definition) is 4. The van der Waals surface area contributed by atoms with Gasteiger partial charge in [-0.3, -0.25) is 4.79 Å². The Labute approximate surface area is 63.0 Å². The van der Waals surface area contributed by atoms with E-state index in [0.717, 1.165) is 0 Å². The largest absolute Gasteiger partial charge is 0.292 e. The van der Waals surface area contributed by atoms with Crippen molar-refractivity contribution in [1.82, 2.24) is 15.4 Å². The predicted octanol–water partition coefficient (Wildman–Crippen LogP) is 0.269. The number of Topliss-reactive ketones (excluding diaryl/α,β-unsaturated/α-hetero) is 1. The molecule has 5 heteroatoms. The number of ketones is 1. The first kappa shape index (κ1) is 7.41. The number of hydrogen-bond donors (Lipinski definition) is 1. The zero-order chi connectivity index (χ0) is 8.27. The SMILES string of the molecule is CCC(=O)c1n[nH]nc1C#N. The third kappa shape index (κ3) is 1.24. The smallest absolute Gasteiger partial charge is 0.193 e. The Balaban J connectivity index is 3.05. The molecule has 1 aromatic heterocycles. The molecule has 0 saturated carbocycles. The normalized spacial score (nSPS) is 9.09. The van der Waals surface area contributed by atoms with Gasteiger partial charge >= 0.3 is 0 Å². The molecule has 0 aliphatic rings. The molecule has 0 spiro atoms. The van der Waals surface area contributed by atoms with E-state index in [4.69, 9.17) is 5.26 Å². The van der Waals surface area contributed by atoms with Crippen LogP contribution < -0.4 is 0 Å². The molecular formula is C6H6N4O. The van der Waals surface area contributed by atoms with Crippen molar-refractivity contribution in [2.45, 2.75) is 13.3 Å². The Bertz CT molecular complexity index is 309. The summed E-state index contributed by atoms with van der Waals surface area (Å²) in [4.78, 5) is 11.0. The molecule has 1 heterocycles. The highest BCUT2D eigenvalue weighted by molar-refractivity contribution is 5.95. The summed E-state index contributed by atoms with van der Waals surface area (Å²) in [6.45, 7) is 1.71. The van der Waals surface area contributed by atoms with Gasteiger partial charge in [0.25, 0.3) is 0 Å². The van der Waals surface area contributed by atoms with Crippen LogP contribution in [0, 0.1) is 11.3 Å². The van der Waals surface area contributed by atoms with Crippen LogP contribution >= 0.6 is 0 Å². The van der Waals surface area contributed by atoms with Crippen LogP contribution in [0.4, 0.5) is 0 Å². The molecule has 0 radical (unpaired) electrons. The average molecular weight is 150 g/mol. The fourth-order valence-corrected chi connectivity index (χ4v) is 0.671. The maximum absolute atomic E-state index is 11.0. The van der Waals surface area contributed by atoms with E-state index in [2.05, 4.69) is 15.4 Å². The first-order chi connectivity index (χ1) is 5.29. The van der Waals surface area contributed by atoms with Crippen LogP contribution in [0.1, 0.15) is 29.5 Å². The van der Waals surface area contributed by atoms with E-state index in [0.29, 0.717) is 6.42 Å². The van der Waals surface area contributed by atoms with Gasteiger partial charge in [-0.1, -0.05) is 6.92 Å². The molecule has 1 N–H and O–H groups in total. The van der Waals surface area contributed by atoms with Crippen molar-refractivity contribution in [3.05, 3.63) is 11.4 Å². The molecular weight excluding hydrogens is 144 g/mol. The Morgan fingerprint density at radius 3 is 3.00 bits per heavy atom. The quantitative estimate of drug-likeness (QED) is 0.613. The van der Waals surface area contributed by atoms with Crippen LogP contribution in [-0.2, 0) is 0 Å². The molecule has 1 rings (SSSR count). The van der Waals surface area contributed by atoms with Gasteiger partial charge in [-0.25, -0.2) is 0 Å². The summed E-state index contributed by atoms with van der Waals surface area (Å²) in [5.41, 5.74) is 0.201. The first-order valence-corrected chi connectivity index (χ1v) is 3.13. The van der Waals surface area contributed by atoms with Gasteiger partial charge in [0.1, 0.15) is 6.07 Å². The fraction of sp³-hybridized carbons (Fsp3) is 0.333. The Hall–Kier alpha value is -1.70. The van der Waals surface area contributed by atoms with Crippen LogP contribution in [0.3, 0.4) is 0 Å². The molecule has 0 aromatic carbocycles. The number of nitrogens with zero attached hydrogens (tertiary/aromatic N) is 3. The zero-order valence-corrected chi connectivity index (χ0v) is 5.96. The lowest BCUT2D eigenvalue weighted by atomic mass is 10.2. The van der Waals surface area contributed by atoms with Crippen molar-refractivity contribution in [3.63, 3.8) is 0 Å². The van der Waals surface area contributed by atoms with Gasteiger partial charge in [0.05, 0.1) is 0 Å². The number of H-pyrrole nitrogens is 1. The fourth-order valence-electron chi connectivity index (χ4n) is 0.671. The van der Waals surface area contributed by atoms with E-state index in [1.807, 2.05) is 0 Å². The molecule has 0 atom stereocenters. The lowest BCUT2D eigenvalue weighted by Crippen LogP contribution is -1.99. The summed E-state index contributed by atoms with van der Waals surface area (Å²) in [5.74, 6) is -0.171. The third-order valence-electron chi connectivity index (χ3n) is 1.24. The second-order valence-corrected chi connectivity index (χ2v) is 1.91. The summed E-state index contributed by atoms with van der Waals surface area (Å²) < 4.78 is 0. The first-order valence-electron chi connectivity index (χ1n) is 3.13. The van der Waals surface area contributed by atoms with E-state index < -0.39 is 0 Å². The minimum atomic E-state index is -0.171. The molecule has 11 heavy (non-hydrogen) atoms. The molecule has 56 valence electrons. The molecule has 5 nitrogen and oxygen atoms in total. The van der Waals surface area contributed by atoms with Crippen LogP contribution in [0.15, 0.2) is 0 Å². The molecule has 1 aromatic rings. The highest BCUT2D eigenvalue weighted by atomic mass is 16.1. The highest BCUT2D eigenvalue weighted by Gasteiger charge is 2.13. The van der Waals surface area contributed by atoms with Crippen molar-refractivity contribution in [3.8, 4) is 6.07 Å². The number of aromatic amines is 1. The van der Waals surface area contributed by atoms with Crippen molar-refractivity contribution >= 4 is 5.78 Å². The highest BCUT2D eigenvalue weighted by Crippen LogP contribution is 2.01. The van der Waals surface area contributed by atoms with Gasteiger partial charge in [-0.15, -0.1) is 5.10 Å². The van der Waals surface area contributed by atoms with E-state index in [9.17, 15) is 4.79 Å². The minimum absolute atomic E-state index is 0.0665. The van der Waals surface area contributed by atoms with E-state index in [-0.39, 0.29) is 17.2 Å². The number of rotatable bonds is 2. The van der Waals surface area contributed by atoms with Crippen LogP contribution in [0.5, 0.6) is 0 Å². The number of nitrogens with one attached hydrogen (secondary N) is 1. The van der Waals surface area contributed by atoms with E-state index in [1.165, 1.54) is 0 Å². The monoisotopic (exact) mass is 150 g/mol. The number of nitriles is 1. The second kappa shape index (κ2) is 2.92. The van der Waals surface area contributed by atoms with Crippen molar-refractivity contribution < 1.29 is 4.79 Å². The summed E-state index contributed by atoms with van der Waals surface area (Å²) in [6.07, 6.45) is 0.335. The maximum atomic E-state index is 11.0.